The number of carboxylic acids is 2. The SMILES string of the molecule is CSCC(=O)NCCN(CCNC(=O)CSC)C(=O)[C@H](CCCC(=O)O)NC(=O)COCCOCCNC(=O)CCC(NC(=O)COCCOCCNC(=O)CSC1/C=C\CCCCCCCCCCC1)C(=O)O. The second-order valence-corrected chi connectivity index (χ2v) is 20.3. The zero-order valence-electron chi connectivity index (χ0n) is 43.6. The van der Waals surface area contributed by atoms with Gasteiger partial charge in [-0.05, 0) is 51.0 Å². The molecule has 7 amide bonds. The molecule has 2 unspecified atom stereocenters. The molecular weight excluding hydrogens is 1020 g/mol. The highest BCUT2D eigenvalue weighted by atomic mass is 32.2. The molecule has 25 heteroatoms. The maximum absolute atomic E-state index is 13.7. The highest BCUT2D eigenvalue weighted by Crippen LogP contribution is 2.22. The normalized spacial score (nSPS) is 15.5. The fraction of sp³-hybridized carbons (Fsp3) is 0.776. The number of hydrogen-bond acceptors (Lipinski definition) is 16. The molecule has 0 spiro atoms. The number of carbonyl (C=O) groups is 9. The number of hydrogen-bond donors (Lipinski definition) is 8. The van der Waals surface area contributed by atoms with E-state index < -0.39 is 60.9 Å². The molecule has 22 nitrogen and oxygen atoms in total. The van der Waals surface area contributed by atoms with E-state index in [-0.39, 0.29) is 134 Å². The van der Waals surface area contributed by atoms with Crippen LogP contribution in [-0.2, 0) is 62.1 Å². The minimum atomic E-state index is -1.33. The fourth-order valence-corrected chi connectivity index (χ4v) is 8.99. The Hall–Kier alpha value is -4.14. The average molecular weight is 1110 g/mol. The molecule has 0 heterocycles. The minimum absolute atomic E-state index is 0.0145. The fourth-order valence-electron chi connectivity index (χ4n) is 7.24. The molecule has 1 aliphatic rings. The molecule has 1 aliphatic carbocycles. The van der Waals surface area contributed by atoms with Crippen molar-refractivity contribution in [3.8, 4) is 0 Å². The topological polar surface area (TPSA) is 306 Å². The van der Waals surface area contributed by atoms with Crippen molar-refractivity contribution in [2.24, 2.45) is 0 Å². The molecule has 0 aromatic heterocycles. The summed E-state index contributed by atoms with van der Waals surface area (Å²) in [4.78, 5) is 112. The van der Waals surface area contributed by atoms with Crippen LogP contribution in [0.2, 0.25) is 0 Å². The Kier molecular flexibility index (Phi) is 42.4. The highest BCUT2D eigenvalue weighted by Gasteiger charge is 2.27. The molecular formula is C49H85N7O15S3. The quantitative estimate of drug-likeness (QED) is 0.0322. The first-order valence-corrected chi connectivity index (χ1v) is 29.5. The summed E-state index contributed by atoms with van der Waals surface area (Å²) in [5.74, 6) is -4.32. The largest absolute Gasteiger partial charge is 0.481 e. The van der Waals surface area contributed by atoms with E-state index in [4.69, 9.17) is 24.1 Å². The second-order valence-electron chi connectivity index (χ2n) is 17.4. The van der Waals surface area contributed by atoms with Crippen LogP contribution in [0.3, 0.4) is 0 Å². The molecule has 0 radical (unpaired) electrons. The Morgan fingerprint density at radius 1 is 0.554 bits per heavy atom. The molecule has 424 valence electrons. The maximum Gasteiger partial charge on any atom is 0.326 e. The van der Waals surface area contributed by atoms with Gasteiger partial charge in [0.05, 0.1) is 56.9 Å². The van der Waals surface area contributed by atoms with Crippen molar-refractivity contribution in [1.82, 2.24) is 36.8 Å². The van der Waals surface area contributed by atoms with Gasteiger partial charge in [-0.1, -0.05) is 63.5 Å². The maximum atomic E-state index is 13.7. The number of aliphatic carboxylic acids is 2. The van der Waals surface area contributed by atoms with Gasteiger partial charge in [-0.15, -0.1) is 11.8 Å². The third kappa shape index (κ3) is 39.3. The van der Waals surface area contributed by atoms with Crippen LogP contribution in [0.4, 0.5) is 0 Å². The Morgan fingerprint density at radius 3 is 1.58 bits per heavy atom. The Bertz CT molecular complexity index is 1650. The number of nitrogens with one attached hydrogen (secondary N) is 6. The van der Waals surface area contributed by atoms with Gasteiger partial charge < -0.3 is 66.0 Å². The van der Waals surface area contributed by atoms with E-state index in [1.807, 2.05) is 0 Å². The molecule has 0 saturated heterocycles. The van der Waals surface area contributed by atoms with Crippen molar-refractivity contribution in [3.63, 3.8) is 0 Å². The summed E-state index contributed by atoms with van der Waals surface area (Å²) < 4.78 is 21.6. The number of carboxylic acid groups (broad SMARTS) is 2. The monoisotopic (exact) mass is 1110 g/mol. The molecule has 0 aromatic rings. The van der Waals surface area contributed by atoms with Crippen molar-refractivity contribution in [1.29, 1.82) is 0 Å². The van der Waals surface area contributed by atoms with Crippen LogP contribution in [-0.4, -0.2) is 208 Å². The first-order chi connectivity index (χ1) is 35.7. The van der Waals surface area contributed by atoms with Gasteiger partial charge >= 0.3 is 11.9 Å². The van der Waals surface area contributed by atoms with Gasteiger partial charge in [-0.25, -0.2) is 4.79 Å². The van der Waals surface area contributed by atoms with E-state index in [0.29, 0.717) is 17.5 Å². The van der Waals surface area contributed by atoms with Gasteiger partial charge in [0.25, 0.3) is 0 Å². The van der Waals surface area contributed by atoms with Crippen molar-refractivity contribution < 1.29 is 72.3 Å². The lowest BCUT2D eigenvalue weighted by Gasteiger charge is -2.28. The number of carbonyl (C=O) groups excluding carboxylic acids is 7. The lowest BCUT2D eigenvalue weighted by Crippen LogP contribution is -2.52. The number of thioether (sulfide) groups is 3. The van der Waals surface area contributed by atoms with E-state index in [2.05, 4.69) is 44.1 Å². The lowest BCUT2D eigenvalue weighted by molar-refractivity contribution is -0.143. The van der Waals surface area contributed by atoms with Crippen molar-refractivity contribution >= 4 is 88.6 Å². The van der Waals surface area contributed by atoms with E-state index in [1.54, 1.807) is 24.3 Å². The molecule has 0 aliphatic heterocycles. The number of allylic oxidation sites excluding steroid dienone is 1. The van der Waals surface area contributed by atoms with Gasteiger partial charge in [0, 0.05) is 57.4 Å². The molecule has 3 atom stereocenters. The van der Waals surface area contributed by atoms with Gasteiger partial charge in [0.1, 0.15) is 25.3 Å². The van der Waals surface area contributed by atoms with E-state index in [1.165, 1.54) is 86.2 Å². The molecule has 74 heavy (non-hydrogen) atoms. The third-order valence-corrected chi connectivity index (χ3v) is 13.4. The summed E-state index contributed by atoms with van der Waals surface area (Å²) in [6, 6.07) is -2.43. The van der Waals surface area contributed by atoms with Gasteiger partial charge in [-0.3, -0.25) is 38.4 Å². The smallest absolute Gasteiger partial charge is 0.326 e. The number of nitrogens with zero attached hydrogens (tertiary/aromatic N) is 1. The average Bonchev–Trinajstić information content (AvgIpc) is 3.35. The number of ether oxygens (including phenoxy) is 4. The van der Waals surface area contributed by atoms with E-state index >= 15 is 0 Å². The zero-order valence-corrected chi connectivity index (χ0v) is 46.0. The zero-order chi connectivity index (χ0) is 54.4. The molecule has 1 rings (SSSR count). The lowest BCUT2D eigenvalue weighted by atomic mass is 10.0. The first kappa shape index (κ1) is 67.9. The standard InChI is InChI=1S/C49H85N7O15S3/c1-72-35-44(60)50-21-25-56(26-22-51-45(61)36-73-2)48(65)39(17-14-18-47(63)64)54-42(58)33-70-31-29-68-27-23-52-41(57)20-19-40(49(66)67)55-43(59)34-71-32-30-69-28-24-53-46(62)37-74-38-15-12-10-8-6-4-3-5-7-9-11-13-16-38/h12,15,38-40H,3-11,13-14,16-37H2,1-2H3,(H,50,60)(H,51,61)(H,52,57)(H,53,62)(H,54,58)(H,55,59)(H,63,64)(H,66,67)/b15-12-/t38?,39-,40?/m0/s1. The second kappa shape index (κ2) is 46.2. The van der Waals surface area contributed by atoms with Crippen molar-refractivity contribution in [3.05, 3.63) is 12.2 Å². The summed E-state index contributed by atoms with van der Waals surface area (Å²) in [6.07, 6.45) is 21.2. The Morgan fingerprint density at radius 2 is 1.04 bits per heavy atom. The van der Waals surface area contributed by atoms with Crippen LogP contribution < -0.4 is 31.9 Å². The number of rotatable bonds is 40. The van der Waals surface area contributed by atoms with E-state index in [9.17, 15) is 48.3 Å². The Balaban J connectivity index is 2.32. The van der Waals surface area contributed by atoms with Gasteiger partial charge in [0.15, 0.2) is 0 Å². The molecule has 8 N–H and O–H groups in total. The van der Waals surface area contributed by atoms with Crippen LogP contribution in [0.25, 0.3) is 0 Å². The van der Waals surface area contributed by atoms with Crippen LogP contribution >= 0.6 is 35.3 Å². The van der Waals surface area contributed by atoms with Crippen molar-refractivity contribution in [2.75, 3.05) is 122 Å². The highest BCUT2D eigenvalue weighted by molar-refractivity contribution is 8.00. The van der Waals surface area contributed by atoms with E-state index in [0.717, 1.165) is 12.8 Å². The van der Waals surface area contributed by atoms with Gasteiger partial charge in [-0.2, -0.15) is 23.5 Å². The summed E-state index contributed by atoms with van der Waals surface area (Å²) in [5, 5.41) is 34.9. The third-order valence-electron chi connectivity index (χ3n) is 11.1. The molecule has 0 fully saturated rings. The predicted octanol–water partition coefficient (Wildman–Crippen LogP) is 2.12. The van der Waals surface area contributed by atoms with Crippen LogP contribution in [0.1, 0.15) is 103 Å². The molecule has 0 saturated carbocycles. The Labute approximate surface area is 449 Å². The summed E-state index contributed by atoms with van der Waals surface area (Å²) in [6.45, 7) is 0.554. The van der Waals surface area contributed by atoms with Crippen LogP contribution in [0.15, 0.2) is 12.2 Å². The summed E-state index contributed by atoms with van der Waals surface area (Å²) in [5.41, 5.74) is 0. The van der Waals surface area contributed by atoms with Crippen molar-refractivity contribution in [2.45, 2.75) is 120 Å². The number of amides is 7. The molecule has 0 aromatic carbocycles. The predicted molar refractivity (Wildman–Crippen MR) is 287 cm³/mol. The first-order valence-electron chi connectivity index (χ1n) is 25.7. The van der Waals surface area contributed by atoms with Crippen LogP contribution in [0.5, 0.6) is 0 Å². The minimum Gasteiger partial charge on any atom is -0.481 e. The summed E-state index contributed by atoms with van der Waals surface area (Å²) in [7, 11) is 0. The summed E-state index contributed by atoms with van der Waals surface area (Å²) >= 11 is 4.34. The molecule has 0 bridgehead atoms. The van der Waals surface area contributed by atoms with Crippen LogP contribution in [0, 0.1) is 0 Å². The van der Waals surface area contributed by atoms with Gasteiger partial charge in [0.2, 0.25) is 41.4 Å².